The summed E-state index contributed by atoms with van der Waals surface area (Å²) in [5.74, 6) is 0. The summed E-state index contributed by atoms with van der Waals surface area (Å²) in [4.78, 5) is 7.02. The van der Waals surface area contributed by atoms with Crippen LogP contribution in [0.2, 0.25) is 0 Å². The topological polar surface area (TPSA) is 63.9 Å². The van der Waals surface area contributed by atoms with E-state index in [1.165, 1.54) is 33.4 Å². The summed E-state index contributed by atoms with van der Waals surface area (Å²) in [6.07, 6.45) is 0. The molecule has 9 heteroatoms. The van der Waals surface area contributed by atoms with Crippen molar-refractivity contribution in [2.45, 2.75) is 0 Å². The van der Waals surface area contributed by atoms with Gasteiger partial charge in [-0.05, 0) is 214 Å². The van der Waals surface area contributed by atoms with E-state index in [-0.39, 0.29) is 0 Å². The van der Waals surface area contributed by atoms with Gasteiger partial charge < -0.3 is 41.7 Å². The maximum atomic E-state index is 7.05. The minimum atomic E-state index is 0.844. The zero-order chi connectivity index (χ0) is 93.5. The molecule has 21 aromatic carbocycles. The Morgan fingerprint density at radius 3 is 0.617 bits per heavy atom. The lowest BCUT2D eigenvalue weighted by molar-refractivity contribution is 0.672. The molecule has 0 unspecified atom stereocenters. The van der Waals surface area contributed by atoms with Crippen molar-refractivity contribution >= 4 is 150 Å². The number of rotatable bonds is 18. The average molecular weight is 1810 g/mol. The smallest absolute Gasteiger partial charge is 0.161 e. The maximum absolute atomic E-state index is 7.05. The van der Waals surface area contributed by atoms with Crippen molar-refractivity contribution in [1.82, 2.24) is 13.7 Å². The number of fused-ring (bicyclic) bond motifs is 15. The summed E-state index contributed by atoms with van der Waals surface area (Å²) in [6.45, 7) is 0. The third-order valence-corrected chi connectivity index (χ3v) is 27.0. The Morgan fingerprint density at radius 1 is 0.135 bits per heavy atom. The molecule has 6 aromatic heterocycles. The van der Waals surface area contributed by atoms with Crippen LogP contribution in [-0.4, -0.2) is 13.7 Å². The maximum Gasteiger partial charge on any atom is 0.161 e. The number of anilines is 9. The van der Waals surface area contributed by atoms with Gasteiger partial charge in [0.2, 0.25) is 0 Å². The van der Waals surface area contributed by atoms with E-state index < -0.39 is 0 Å². The average Bonchev–Trinajstić information content (AvgIpc) is 1.56. The van der Waals surface area contributed by atoms with Crippen molar-refractivity contribution < 1.29 is 13.3 Å². The lowest BCUT2D eigenvalue weighted by atomic mass is 9.99. The minimum Gasteiger partial charge on any atom is -0.451 e. The SMILES string of the molecule is c1ccc(-c2ccc(-c3ccc(N(c4ccccc4-c4ccccc4)c4cccc5c4oc4c6ccccc6n(-c6ccccc6)c54)cc3)cc2)cc1.c1ccc(-c2ccc(N(c3ccccc3-c3ccccc3)c3cccc4c3oc3c5ccccc5n(-c5ccccc5)c43)cc2)cc1.c1ccc(-c2ccccc2N(c2ccccc2)c2cccc3c2oc2c4ccccc4n(-c4ccccc4)c32)cc1. The Morgan fingerprint density at radius 2 is 0.333 bits per heavy atom. The molecule has 0 atom stereocenters. The number of hydrogen-bond donors (Lipinski definition) is 0. The first kappa shape index (κ1) is 83.8. The first-order valence-corrected chi connectivity index (χ1v) is 47.9. The van der Waals surface area contributed by atoms with E-state index in [0.29, 0.717) is 0 Å². The van der Waals surface area contributed by atoms with Crippen molar-refractivity contribution in [3.63, 3.8) is 0 Å². The molecule has 141 heavy (non-hydrogen) atoms. The molecular formula is C132H90N6O3. The van der Waals surface area contributed by atoms with Crippen LogP contribution in [-0.2, 0) is 0 Å². The fourth-order valence-electron chi connectivity index (χ4n) is 20.6. The van der Waals surface area contributed by atoms with Crippen LogP contribution in [0.5, 0.6) is 0 Å². The van der Waals surface area contributed by atoms with E-state index in [9.17, 15) is 0 Å². The summed E-state index contributed by atoms with van der Waals surface area (Å²) >= 11 is 0. The highest BCUT2D eigenvalue weighted by Gasteiger charge is 2.31. The fraction of sp³-hybridized carbons (Fsp3) is 0. The molecule has 0 fully saturated rings. The summed E-state index contributed by atoms with van der Waals surface area (Å²) in [6, 6.07) is 192. The van der Waals surface area contributed by atoms with Gasteiger partial charge in [0.15, 0.2) is 33.5 Å². The Labute approximate surface area is 815 Å². The first-order chi connectivity index (χ1) is 70.0. The number of aromatic nitrogens is 3. The fourth-order valence-corrected chi connectivity index (χ4v) is 20.6. The van der Waals surface area contributed by atoms with Crippen LogP contribution in [0, 0.1) is 0 Å². The quantitative estimate of drug-likeness (QED) is 0.0853. The standard InChI is InChI=1S/C50H34N2O.C44H30N2O.C38H26N2O/c1-4-15-35(16-5-1)36-27-29-37(30-28-36)38-31-33-41(34-32-38)51(45-24-12-10-21-42(45)39-17-6-2-7-18-39)47-26-14-23-44-48-50(53-49(44)47)43-22-11-13-25-46(43)52(48)40-19-8-3-9-20-40;1-4-15-31(16-5-1)32-27-29-35(30-28-32)45(39-24-12-10-21-36(39)33-17-6-2-7-18-33)41-26-14-23-38-42-44(47-43(38)41)37-22-11-13-25-40(37)46(42)34-19-8-3-9-20-34;1-4-15-27(16-5-1)30-21-10-12-24-33(30)39(28-17-6-2-7-18-28)35-26-14-23-32-36-38(41-37(32)35)31-22-11-13-25-34(31)40(36)29-19-8-3-9-20-29/h1-34H;1-30H;1-26H. The van der Waals surface area contributed by atoms with Crippen LogP contribution in [0.1, 0.15) is 0 Å². The molecule has 0 aliphatic carbocycles. The molecule has 0 spiro atoms. The Kier molecular flexibility index (Phi) is 21.8. The minimum absolute atomic E-state index is 0.844. The van der Waals surface area contributed by atoms with Crippen LogP contribution < -0.4 is 14.7 Å². The van der Waals surface area contributed by atoms with Crippen LogP contribution in [0.25, 0.3) is 183 Å². The van der Waals surface area contributed by atoms with Gasteiger partial charge in [-0.3, -0.25) is 0 Å². The van der Waals surface area contributed by atoms with Crippen molar-refractivity contribution in [1.29, 1.82) is 0 Å². The van der Waals surface area contributed by atoms with Gasteiger partial charge in [-0.25, -0.2) is 0 Å². The summed E-state index contributed by atoms with van der Waals surface area (Å²) < 4.78 is 27.9. The third kappa shape index (κ3) is 15.3. The lowest BCUT2D eigenvalue weighted by Gasteiger charge is -2.28. The van der Waals surface area contributed by atoms with Gasteiger partial charge in [0, 0.05) is 83.1 Å². The number of para-hydroxylation sites is 13. The van der Waals surface area contributed by atoms with Crippen molar-refractivity contribution in [3.8, 4) is 83.8 Å². The molecule has 666 valence electrons. The normalized spacial score (nSPS) is 11.4. The zero-order valence-corrected chi connectivity index (χ0v) is 76.9. The molecule has 0 N–H and O–H groups in total. The molecule has 0 bridgehead atoms. The van der Waals surface area contributed by atoms with Gasteiger partial charge >= 0.3 is 0 Å². The van der Waals surface area contributed by atoms with Crippen LogP contribution in [0.15, 0.2) is 559 Å². The van der Waals surface area contributed by atoms with E-state index >= 15 is 0 Å². The van der Waals surface area contributed by atoms with Crippen molar-refractivity contribution in [2.75, 3.05) is 14.7 Å². The molecule has 9 nitrogen and oxygen atoms in total. The number of benzene rings is 21. The van der Waals surface area contributed by atoms with E-state index in [1.807, 2.05) is 0 Å². The van der Waals surface area contributed by atoms with Gasteiger partial charge in [-0.2, -0.15) is 0 Å². The van der Waals surface area contributed by atoms with Crippen molar-refractivity contribution in [2.24, 2.45) is 0 Å². The second-order valence-electron chi connectivity index (χ2n) is 35.3. The van der Waals surface area contributed by atoms with Crippen LogP contribution in [0.3, 0.4) is 0 Å². The Bertz CT molecular complexity index is 9180. The Balaban J connectivity index is 0.000000112. The molecule has 0 radical (unpaired) electrons. The van der Waals surface area contributed by atoms with E-state index in [1.54, 1.807) is 0 Å². The largest absolute Gasteiger partial charge is 0.451 e. The molecule has 0 saturated heterocycles. The van der Waals surface area contributed by atoms with E-state index in [4.69, 9.17) is 13.3 Å². The van der Waals surface area contributed by atoms with Crippen molar-refractivity contribution in [3.05, 3.63) is 546 Å². The first-order valence-electron chi connectivity index (χ1n) is 47.9. The lowest BCUT2D eigenvalue weighted by Crippen LogP contribution is -2.11. The second-order valence-corrected chi connectivity index (χ2v) is 35.3. The van der Waals surface area contributed by atoms with E-state index in [2.05, 4.69) is 574 Å². The van der Waals surface area contributed by atoms with Gasteiger partial charge in [-0.15, -0.1) is 0 Å². The van der Waals surface area contributed by atoms with Gasteiger partial charge in [0.05, 0.1) is 50.7 Å². The molecule has 27 rings (SSSR count). The Hall–Kier alpha value is -19.0. The number of furan rings is 3. The molecule has 0 amide bonds. The number of hydrogen-bond acceptors (Lipinski definition) is 6. The molecule has 0 saturated carbocycles. The predicted octanol–water partition coefficient (Wildman–Crippen LogP) is 37.0. The second kappa shape index (κ2) is 36.7. The highest BCUT2D eigenvalue weighted by atomic mass is 16.3. The van der Waals surface area contributed by atoms with Gasteiger partial charge in [-0.1, -0.05) is 382 Å². The summed E-state index contributed by atoms with van der Waals surface area (Å²) in [5, 5.41) is 6.50. The zero-order valence-electron chi connectivity index (χ0n) is 76.9. The highest BCUT2D eigenvalue weighted by Crippen LogP contribution is 2.53. The highest BCUT2D eigenvalue weighted by molar-refractivity contribution is 6.22. The molecule has 27 aromatic rings. The van der Waals surface area contributed by atoms with Gasteiger partial charge in [0.25, 0.3) is 0 Å². The van der Waals surface area contributed by atoms with Crippen LogP contribution >= 0.6 is 0 Å². The monoisotopic (exact) mass is 1810 g/mol. The van der Waals surface area contributed by atoms with E-state index in [0.717, 1.165) is 201 Å². The molecular weight excluding hydrogens is 1720 g/mol. The summed E-state index contributed by atoms with van der Waals surface area (Å²) in [5.41, 5.74) is 38.6. The van der Waals surface area contributed by atoms with Gasteiger partial charge in [0.1, 0.15) is 16.6 Å². The molecule has 6 heterocycles. The molecule has 0 aliphatic heterocycles. The summed E-state index contributed by atoms with van der Waals surface area (Å²) in [7, 11) is 0. The van der Waals surface area contributed by atoms with Crippen LogP contribution in [0.4, 0.5) is 51.2 Å². The third-order valence-electron chi connectivity index (χ3n) is 27.0. The molecule has 0 aliphatic rings. The predicted molar refractivity (Wildman–Crippen MR) is 588 cm³/mol. The number of nitrogens with zero attached hydrogens (tertiary/aromatic N) is 6.